The Balaban J connectivity index is 2.86. The van der Waals surface area contributed by atoms with Gasteiger partial charge in [0.05, 0.1) is 0 Å². The molecule has 1 aromatic heterocycles. The van der Waals surface area contributed by atoms with Crippen molar-refractivity contribution >= 4 is 33.2 Å². The zero-order valence-electron chi connectivity index (χ0n) is 6.13. The van der Waals surface area contributed by atoms with Crippen molar-refractivity contribution < 1.29 is 18.7 Å². The molecule has 0 saturated carbocycles. The number of halogens is 3. The van der Waals surface area contributed by atoms with Crippen molar-refractivity contribution in [3.63, 3.8) is 0 Å². The molecular weight excluding hydrogens is 268 g/mol. The van der Waals surface area contributed by atoms with Crippen LogP contribution in [-0.2, 0) is 10.7 Å². The lowest BCUT2D eigenvalue weighted by molar-refractivity contribution is -0.145. The number of carboxylic acids is 1. The molecular formula is C6H4BrF2NO2S. The van der Waals surface area contributed by atoms with E-state index in [1.165, 1.54) is 0 Å². The summed E-state index contributed by atoms with van der Waals surface area (Å²) >= 11 is 3.91. The monoisotopic (exact) mass is 271 g/mol. The smallest absolute Gasteiger partial charge is 0.309 e. The quantitative estimate of drug-likeness (QED) is 0.919. The highest BCUT2D eigenvalue weighted by Crippen LogP contribution is 2.33. The summed E-state index contributed by atoms with van der Waals surface area (Å²) in [4.78, 5) is 13.5. The zero-order valence-corrected chi connectivity index (χ0v) is 8.53. The zero-order chi connectivity index (χ0) is 10.1. The van der Waals surface area contributed by atoms with Crippen molar-refractivity contribution in [3.8, 4) is 0 Å². The van der Waals surface area contributed by atoms with E-state index < -0.39 is 24.0 Å². The number of carboxylic acid groups (broad SMARTS) is 1. The lowest BCUT2D eigenvalue weighted by atomic mass is 10.2. The molecule has 3 nitrogen and oxygen atoms in total. The molecule has 0 aliphatic heterocycles. The molecule has 0 radical (unpaired) electrons. The Morgan fingerprint density at radius 2 is 2.38 bits per heavy atom. The predicted octanol–water partition coefficient (Wildman–Crippen LogP) is 2.47. The van der Waals surface area contributed by atoms with Gasteiger partial charge in [-0.3, -0.25) is 4.79 Å². The topological polar surface area (TPSA) is 50.2 Å². The van der Waals surface area contributed by atoms with Crippen LogP contribution >= 0.6 is 27.3 Å². The molecule has 13 heavy (non-hydrogen) atoms. The number of hydrogen-bond donors (Lipinski definition) is 1. The first-order valence-electron chi connectivity index (χ1n) is 3.13. The van der Waals surface area contributed by atoms with Crippen LogP contribution in [0.3, 0.4) is 0 Å². The summed E-state index contributed by atoms with van der Waals surface area (Å²) in [6.45, 7) is 0. The van der Waals surface area contributed by atoms with E-state index in [0.29, 0.717) is 3.92 Å². The number of aromatic nitrogens is 1. The average Bonchev–Trinajstić information content (AvgIpc) is 2.32. The molecule has 1 rings (SSSR count). The van der Waals surface area contributed by atoms with E-state index in [1.807, 2.05) is 0 Å². The van der Waals surface area contributed by atoms with Gasteiger partial charge in [0.1, 0.15) is 12.1 Å². The van der Waals surface area contributed by atoms with Gasteiger partial charge in [0, 0.05) is 5.38 Å². The summed E-state index contributed by atoms with van der Waals surface area (Å²) in [5.41, 5.74) is -0.508. The molecule has 1 aromatic rings. The number of aliphatic carboxylic acids is 1. The minimum Gasteiger partial charge on any atom is -0.481 e. The summed E-state index contributed by atoms with van der Waals surface area (Å²) in [6, 6.07) is 0. The fourth-order valence-corrected chi connectivity index (χ4v) is 1.76. The molecule has 0 atom stereocenters. The maximum Gasteiger partial charge on any atom is 0.309 e. The number of alkyl halides is 2. The Morgan fingerprint density at radius 3 is 2.77 bits per heavy atom. The summed E-state index contributed by atoms with van der Waals surface area (Å²) in [7, 11) is 0. The number of thiazole rings is 1. The van der Waals surface area contributed by atoms with Gasteiger partial charge in [-0.2, -0.15) is 8.78 Å². The first-order chi connectivity index (χ1) is 5.92. The van der Waals surface area contributed by atoms with Gasteiger partial charge in [0.15, 0.2) is 3.92 Å². The van der Waals surface area contributed by atoms with E-state index >= 15 is 0 Å². The maximum atomic E-state index is 13.0. The second kappa shape index (κ2) is 3.67. The first-order valence-corrected chi connectivity index (χ1v) is 4.80. The number of hydrogen-bond acceptors (Lipinski definition) is 3. The summed E-state index contributed by atoms with van der Waals surface area (Å²) in [5, 5.41) is 9.33. The molecule has 0 bridgehead atoms. The third-order valence-electron chi connectivity index (χ3n) is 1.22. The van der Waals surface area contributed by atoms with E-state index in [-0.39, 0.29) is 0 Å². The fourth-order valence-electron chi connectivity index (χ4n) is 0.700. The van der Waals surface area contributed by atoms with Crippen molar-refractivity contribution in [1.29, 1.82) is 0 Å². The van der Waals surface area contributed by atoms with Crippen LogP contribution in [0.5, 0.6) is 0 Å². The van der Waals surface area contributed by atoms with Crippen LogP contribution in [0, 0.1) is 0 Å². The van der Waals surface area contributed by atoms with E-state index in [4.69, 9.17) is 5.11 Å². The van der Waals surface area contributed by atoms with Gasteiger partial charge in [0.2, 0.25) is 0 Å². The van der Waals surface area contributed by atoms with E-state index in [9.17, 15) is 13.6 Å². The fraction of sp³-hybridized carbons (Fsp3) is 0.333. The van der Waals surface area contributed by atoms with Crippen LogP contribution in [0.2, 0.25) is 0 Å². The van der Waals surface area contributed by atoms with Crippen molar-refractivity contribution in [2.75, 3.05) is 0 Å². The molecule has 1 heterocycles. The van der Waals surface area contributed by atoms with Gasteiger partial charge in [-0.05, 0) is 15.9 Å². The Labute approximate surface area is 84.5 Å². The normalized spacial score (nSPS) is 11.6. The van der Waals surface area contributed by atoms with Gasteiger partial charge in [0.25, 0.3) is 0 Å². The molecule has 0 spiro atoms. The average molecular weight is 272 g/mol. The van der Waals surface area contributed by atoms with Crippen molar-refractivity contribution in [2.45, 2.75) is 12.3 Å². The van der Waals surface area contributed by atoms with Crippen LogP contribution < -0.4 is 0 Å². The Hall–Kier alpha value is -0.560. The van der Waals surface area contributed by atoms with Crippen LogP contribution in [0.4, 0.5) is 8.78 Å². The van der Waals surface area contributed by atoms with Gasteiger partial charge in [-0.15, -0.1) is 11.3 Å². The van der Waals surface area contributed by atoms with Crippen LogP contribution in [0.25, 0.3) is 0 Å². The van der Waals surface area contributed by atoms with E-state index in [1.54, 1.807) is 0 Å². The molecule has 0 fully saturated rings. The van der Waals surface area contributed by atoms with Crippen LogP contribution in [-0.4, -0.2) is 16.1 Å². The molecule has 0 aliphatic carbocycles. The third-order valence-corrected chi connectivity index (χ3v) is 2.59. The minimum atomic E-state index is -3.39. The number of nitrogens with zero attached hydrogens (tertiary/aromatic N) is 1. The van der Waals surface area contributed by atoms with Crippen LogP contribution in [0.1, 0.15) is 12.1 Å². The standard InChI is InChI=1S/C6H4BrF2NO2S/c7-5-10-3(2-13-5)6(8,9)1-4(11)12/h2H,1H2,(H,11,12). The molecule has 7 heteroatoms. The molecule has 0 amide bonds. The van der Waals surface area contributed by atoms with Crippen molar-refractivity contribution in [2.24, 2.45) is 0 Å². The molecule has 72 valence electrons. The SMILES string of the molecule is O=C(O)CC(F)(F)c1csc(Br)n1. The third kappa shape index (κ3) is 2.70. The predicted molar refractivity (Wildman–Crippen MR) is 46.0 cm³/mol. The molecule has 0 unspecified atom stereocenters. The lowest BCUT2D eigenvalue weighted by Gasteiger charge is -2.09. The highest BCUT2D eigenvalue weighted by atomic mass is 79.9. The lowest BCUT2D eigenvalue weighted by Crippen LogP contribution is -2.18. The second-order valence-corrected chi connectivity index (χ2v) is 4.39. The van der Waals surface area contributed by atoms with Gasteiger partial charge < -0.3 is 5.11 Å². The van der Waals surface area contributed by atoms with Gasteiger partial charge in [-0.1, -0.05) is 0 Å². The van der Waals surface area contributed by atoms with Crippen LogP contribution in [0.15, 0.2) is 9.30 Å². The van der Waals surface area contributed by atoms with E-state index in [2.05, 4.69) is 20.9 Å². The largest absolute Gasteiger partial charge is 0.481 e. The molecule has 1 N–H and O–H groups in total. The molecule has 0 aromatic carbocycles. The number of carbonyl (C=O) groups is 1. The highest BCUT2D eigenvalue weighted by Gasteiger charge is 2.37. The van der Waals surface area contributed by atoms with Crippen molar-refractivity contribution in [1.82, 2.24) is 4.98 Å². The maximum absolute atomic E-state index is 13.0. The summed E-state index contributed by atoms with van der Waals surface area (Å²) < 4.78 is 26.2. The summed E-state index contributed by atoms with van der Waals surface area (Å²) in [6.07, 6.45) is -1.23. The van der Waals surface area contributed by atoms with E-state index in [0.717, 1.165) is 16.7 Å². The Kier molecular flexibility index (Phi) is 2.97. The van der Waals surface area contributed by atoms with Crippen molar-refractivity contribution in [3.05, 3.63) is 15.0 Å². The van der Waals surface area contributed by atoms with Gasteiger partial charge >= 0.3 is 11.9 Å². The Morgan fingerprint density at radius 1 is 1.77 bits per heavy atom. The summed E-state index contributed by atoms with van der Waals surface area (Å²) in [5.74, 6) is -4.94. The van der Waals surface area contributed by atoms with Gasteiger partial charge in [-0.25, -0.2) is 4.98 Å². The second-order valence-electron chi connectivity index (χ2n) is 2.26. The first kappa shape index (κ1) is 10.5. The number of rotatable bonds is 3. The molecule has 0 aliphatic rings. The minimum absolute atomic E-state index is 0.313. The highest BCUT2D eigenvalue weighted by molar-refractivity contribution is 9.11. The molecule has 0 saturated heterocycles. The Bertz CT molecular complexity index is 328.